The summed E-state index contributed by atoms with van der Waals surface area (Å²) in [6.07, 6.45) is 1.59. The van der Waals surface area contributed by atoms with E-state index >= 15 is 0 Å². The molecule has 0 N–H and O–H groups in total. The summed E-state index contributed by atoms with van der Waals surface area (Å²) in [5.74, 6) is 2.02. The summed E-state index contributed by atoms with van der Waals surface area (Å²) in [5.41, 5.74) is 2.88. The lowest BCUT2D eigenvalue weighted by Gasteiger charge is -2.34. The van der Waals surface area contributed by atoms with Crippen molar-refractivity contribution in [2.75, 3.05) is 38.8 Å². The van der Waals surface area contributed by atoms with Crippen LogP contribution in [0.4, 0.5) is 5.82 Å². The lowest BCUT2D eigenvalue weighted by atomic mass is 10.0. The third kappa shape index (κ3) is 3.57. The van der Waals surface area contributed by atoms with Crippen LogP contribution in [-0.2, 0) is 4.74 Å². The fourth-order valence-electron chi connectivity index (χ4n) is 3.72. The number of methoxy groups -OCH3 is 2. The summed E-state index contributed by atoms with van der Waals surface area (Å²) in [4.78, 5) is 6.84. The van der Waals surface area contributed by atoms with Gasteiger partial charge in [-0.05, 0) is 24.6 Å². The molecule has 6 heteroatoms. The second kappa shape index (κ2) is 7.98. The Morgan fingerprint density at radius 1 is 1.10 bits per heavy atom. The van der Waals surface area contributed by atoms with Crippen LogP contribution in [0, 0.1) is 18.3 Å². The van der Waals surface area contributed by atoms with Crippen LogP contribution in [-0.4, -0.2) is 38.9 Å². The van der Waals surface area contributed by atoms with Crippen molar-refractivity contribution in [3.8, 4) is 17.6 Å². The van der Waals surface area contributed by atoms with Gasteiger partial charge in [-0.15, -0.1) is 0 Å². The smallest absolute Gasteiger partial charge is 0.161 e. The molecule has 0 bridgehead atoms. The Labute approximate surface area is 170 Å². The van der Waals surface area contributed by atoms with Gasteiger partial charge in [-0.3, -0.25) is 0 Å². The second-order valence-electron chi connectivity index (χ2n) is 7.08. The SMILES string of the molecule is COc1cc2c(C#N)cnc(N3CCOC(c4ccc(C)cc4)C3)c2cc1OC. The Morgan fingerprint density at radius 3 is 2.45 bits per heavy atom. The number of aryl methyl sites for hydroxylation is 1. The lowest BCUT2D eigenvalue weighted by molar-refractivity contribution is 0.0396. The maximum absolute atomic E-state index is 9.54. The molecule has 148 valence electrons. The minimum absolute atomic E-state index is 0.0306. The number of morpholine rings is 1. The molecule has 1 aliphatic rings. The maximum atomic E-state index is 9.54. The predicted octanol–water partition coefficient (Wildman–Crippen LogP) is 4.01. The van der Waals surface area contributed by atoms with E-state index < -0.39 is 0 Å². The average molecular weight is 389 g/mol. The minimum Gasteiger partial charge on any atom is -0.493 e. The third-order valence-electron chi connectivity index (χ3n) is 5.31. The molecule has 29 heavy (non-hydrogen) atoms. The molecule has 1 aromatic heterocycles. The van der Waals surface area contributed by atoms with Gasteiger partial charge >= 0.3 is 0 Å². The Morgan fingerprint density at radius 2 is 1.79 bits per heavy atom. The molecule has 0 spiro atoms. The zero-order valence-corrected chi connectivity index (χ0v) is 16.8. The maximum Gasteiger partial charge on any atom is 0.161 e. The number of anilines is 1. The van der Waals surface area contributed by atoms with E-state index in [9.17, 15) is 5.26 Å². The summed E-state index contributed by atoms with van der Waals surface area (Å²) in [6, 6.07) is 14.4. The number of ether oxygens (including phenoxy) is 3. The Balaban J connectivity index is 1.76. The highest BCUT2D eigenvalue weighted by Gasteiger charge is 2.25. The molecule has 1 fully saturated rings. The zero-order valence-electron chi connectivity index (χ0n) is 16.8. The normalized spacial score (nSPS) is 16.5. The number of pyridine rings is 1. The lowest BCUT2D eigenvalue weighted by Crippen LogP contribution is -2.39. The van der Waals surface area contributed by atoms with E-state index in [1.165, 1.54) is 5.56 Å². The highest BCUT2D eigenvalue weighted by atomic mass is 16.5. The molecule has 0 aliphatic carbocycles. The molecule has 0 saturated carbocycles. The van der Waals surface area contributed by atoms with E-state index in [0.717, 1.165) is 28.7 Å². The Kier molecular flexibility index (Phi) is 5.24. The molecule has 0 radical (unpaired) electrons. The molecule has 3 aromatic rings. The van der Waals surface area contributed by atoms with Crippen LogP contribution >= 0.6 is 0 Å². The fourth-order valence-corrected chi connectivity index (χ4v) is 3.72. The standard InChI is InChI=1S/C23H23N3O3/c1-15-4-6-16(7-5-15)22-14-26(8-9-29-22)23-19-11-21(28-3)20(27-2)10-18(19)17(12-24)13-25-23/h4-7,10-11,13,22H,8-9,14H2,1-3H3. The third-order valence-corrected chi connectivity index (χ3v) is 5.31. The molecule has 1 saturated heterocycles. The molecule has 2 heterocycles. The number of rotatable bonds is 4. The largest absolute Gasteiger partial charge is 0.493 e. The van der Waals surface area contributed by atoms with Crippen molar-refractivity contribution in [3.63, 3.8) is 0 Å². The Bertz CT molecular complexity index is 1070. The number of nitriles is 1. The molecular formula is C23H23N3O3. The van der Waals surface area contributed by atoms with Crippen molar-refractivity contribution in [1.29, 1.82) is 5.26 Å². The van der Waals surface area contributed by atoms with Crippen LogP contribution in [0.25, 0.3) is 10.8 Å². The van der Waals surface area contributed by atoms with Gasteiger partial charge in [-0.25, -0.2) is 4.98 Å². The number of hydrogen-bond acceptors (Lipinski definition) is 6. The first-order valence-electron chi connectivity index (χ1n) is 9.52. The monoisotopic (exact) mass is 389 g/mol. The number of hydrogen-bond donors (Lipinski definition) is 0. The molecule has 6 nitrogen and oxygen atoms in total. The first kappa shape index (κ1) is 19.0. The summed E-state index contributed by atoms with van der Waals surface area (Å²) in [7, 11) is 3.19. The number of benzene rings is 2. The van der Waals surface area contributed by atoms with Crippen LogP contribution in [0.5, 0.6) is 11.5 Å². The minimum atomic E-state index is -0.0306. The van der Waals surface area contributed by atoms with Crippen LogP contribution in [0.3, 0.4) is 0 Å². The fraction of sp³-hybridized carbons (Fsp3) is 0.304. The second-order valence-corrected chi connectivity index (χ2v) is 7.08. The van der Waals surface area contributed by atoms with Gasteiger partial charge < -0.3 is 19.1 Å². The van der Waals surface area contributed by atoms with E-state index in [-0.39, 0.29) is 6.10 Å². The van der Waals surface area contributed by atoms with E-state index in [1.54, 1.807) is 20.4 Å². The molecular weight excluding hydrogens is 366 g/mol. The molecule has 1 unspecified atom stereocenters. The van der Waals surface area contributed by atoms with Crippen molar-refractivity contribution in [2.24, 2.45) is 0 Å². The highest BCUT2D eigenvalue weighted by molar-refractivity contribution is 5.98. The zero-order chi connectivity index (χ0) is 20.4. The van der Waals surface area contributed by atoms with Gasteiger partial charge in [0.1, 0.15) is 18.0 Å². The average Bonchev–Trinajstić information content (AvgIpc) is 2.77. The predicted molar refractivity (Wildman–Crippen MR) is 112 cm³/mol. The van der Waals surface area contributed by atoms with E-state index in [0.29, 0.717) is 30.2 Å². The van der Waals surface area contributed by atoms with Crippen molar-refractivity contribution < 1.29 is 14.2 Å². The van der Waals surface area contributed by atoms with Gasteiger partial charge in [0.2, 0.25) is 0 Å². The summed E-state index contributed by atoms with van der Waals surface area (Å²) < 4.78 is 16.9. The molecule has 4 rings (SSSR count). The van der Waals surface area contributed by atoms with Crippen LogP contribution in [0.15, 0.2) is 42.6 Å². The van der Waals surface area contributed by atoms with E-state index in [1.807, 2.05) is 12.1 Å². The van der Waals surface area contributed by atoms with E-state index in [4.69, 9.17) is 14.2 Å². The van der Waals surface area contributed by atoms with Crippen molar-refractivity contribution >= 4 is 16.6 Å². The molecule has 1 atom stereocenters. The molecule has 0 amide bonds. The van der Waals surface area contributed by atoms with Crippen LogP contribution in [0.1, 0.15) is 22.8 Å². The topological polar surface area (TPSA) is 67.6 Å². The van der Waals surface area contributed by atoms with Gasteiger partial charge in [0.15, 0.2) is 11.5 Å². The summed E-state index contributed by atoms with van der Waals surface area (Å²) in [5, 5.41) is 11.2. The first-order chi connectivity index (χ1) is 14.1. The summed E-state index contributed by atoms with van der Waals surface area (Å²) >= 11 is 0. The van der Waals surface area contributed by atoms with Gasteiger partial charge in [-0.2, -0.15) is 5.26 Å². The van der Waals surface area contributed by atoms with Crippen LogP contribution in [0.2, 0.25) is 0 Å². The van der Waals surface area contributed by atoms with E-state index in [2.05, 4.69) is 47.1 Å². The van der Waals surface area contributed by atoms with Gasteiger partial charge in [0.05, 0.1) is 26.4 Å². The van der Waals surface area contributed by atoms with Gasteiger partial charge in [0, 0.05) is 30.1 Å². The van der Waals surface area contributed by atoms with Crippen molar-refractivity contribution in [3.05, 3.63) is 59.3 Å². The summed E-state index contributed by atoms with van der Waals surface area (Å²) in [6.45, 7) is 4.09. The van der Waals surface area contributed by atoms with Gasteiger partial charge in [0.25, 0.3) is 0 Å². The number of aromatic nitrogens is 1. The van der Waals surface area contributed by atoms with Crippen LogP contribution < -0.4 is 14.4 Å². The van der Waals surface area contributed by atoms with Gasteiger partial charge in [-0.1, -0.05) is 29.8 Å². The first-order valence-corrected chi connectivity index (χ1v) is 9.52. The number of fused-ring (bicyclic) bond motifs is 1. The highest BCUT2D eigenvalue weighted by Crippen LogP contribution is 2.38. The molecule has 2 aromatic carbocycles. The van der Waals surface area contributed by atoms with Crippen molar-refractivity contribution in [2.45, 2.75) is 13.0 Å². The quantitative estimate of drug-likeness (QED) is 0.672. The van der Waals surface area contributed by atoms with Crippen molar-refractivity contribution in [1.82, 2.24) is 4.98 Å². The Hall–Kier alpha value is -3.30. The molecule has 1 aliphatic heterocycles. The number of nitrogens with zero attached hydrogens (tertiary/aromatic N) is 3.